The van der Waals surface area contributed by atoms with Gasteiger partial charge in [-0.2, -0.15) is 0 Å². The van der Waals surface area contributed by atoms with E-state index in [1.54, 1.807) is 17.0 Å². The zero-order valence-electron chi connectivity index (χ0n) is 17.8. The average molecular weight is 414 g/mol. The van der Waals surface area contributed by atoms with Crippen LogP contribution in [0.2, 0.25) is 0 Å². The van der Waals surface area contributed by atoms with Crippen molar-refractivity contribution in [2.45, 2.75) is 26.3 Å². The Labute approximate surface area is 178 Å². The Bertz CT molecular complexity index is 796. The Morgan fingerprint density at radius 3 is 2.50 bits per heavy atom. The summed E-state index contributed by atoms with van der Waals surface area (Å²) >= 11 is 0. The van der Waals surface area contributed by atoms with Crippen LogP contribution in [0.25, 0.3) is 0 Å². The molecule has 0 bridgehead atoms. The number of carbonyl (C=O) groups excluding carboxylic acids is 2. The number of nitrogens with zero attached hydrogens (tertiary/aromatic N) is 2. The van der Waals surface area contributed by atoms with E-state index in [1.807, 2.05) is 38.1 Å². The fraction of sp³-hybridized carbons (Fsp3) is 0.478. The molecule has 1 atom stereocenters. The quantitative estimate of drug-likeness (QED) is 0.640. The van der Waals surface area contributed by atoms with Gasteiger partial charge in [-0.3, -0.25) is 14.5 Å². The molecule has 3 rings (SSSR count). The predicted octanol–water partition coefficient (Wildman–Crippen LogP) is 2.63. The van der Waals surface area contributed by atoms with Crippen molar-refractivity contribution in [3.63, 3.8) is 0 Å². The van der Waals surface area contributed by atoms with E-state index in [4.69, 9.17) is 9.15 Å². The average Bonchev–Trinajstić information content (AvgIpc) is 3.30. The lowest BCUT2D eigenvalue weighted by molar-refractivity contribution is -0.127. The summed E-state index contributed by atoms with van der Waals surface area (Å²) in [5, 5.41) is 3.05. The molecule has 1 aliphatic rings. The fourth-order valence-corrected chi connectivity index (χ4v) is 3.64. The normalized spacial score (nSPS) is 15.7. The first kappa shape index (κ1) is 22.1. The van der Waals surface area contributed by atoms with Gasteiger partial charge in [0, 0.05) is 45.9 Å². The molecule has 1 aromatic heterocycles. The number of ether oxygens (including phenoxy) is 1. The van der Waals surface area contributed by atoms with Crippen molar-refractivity contribution in [3.05, 3.63) is 59.5 Å². The lowest BCUT2D eigenvalue weighted by Gasteiger charge is -2.38. The molecule has 1 fully saturated rings. The van der Waals surface area contributed by atoms with Crippen LogP contribution in [0.3, 0.4) is 0 Å². The number of aryl methyl sites for hydroxylation is 1. The Morgan fingerprint density at radius 1 is 1.13 bits per heavy atom. The van der Waals surface area contributed by atoms with Crippen LogP contribution in [0.5, 0.6) is 0 Å². The highest BCUT2D eigenvalue weighted by Gasteiger charge is 2.32. The van der Waals surface area contributed by atoms with Crippen molar-refractivity contribution < 1.29 is 18.7 Å². The molecule has 1 N–H and O–H groups in total. The van der Waals surface area contributed by atoms with Gasteiger partial charge in [-0.25, -0.2) is 0 Å². The summed E-state index contributed by atoms with van der Waals surface area (Å²) in [7, 11) is 0. The van der Waals surface area contributed by atoms with E-state index in [0.717, 1.165) is 17.5 Å². The third-order valence-corrected chi connectivity index (χ3v) is 5.31. The largest absolute Gasteiger partial charge is 0.459 e. The molecule has 1 aliphatic heterocycles. The zero-order valence-corrected chi connectivity index (χ0v) is 17.8. The molecule has 7 nitrogen and oxygen atoms in total. The number of nitrogens with one attached hydrogen (secondary N) is 1. The molecular formula is C23H31N3O4. The maximum Gasteiger partial charge on any atom is 0.289 e. The fourth-order valence-electron chi connectivity index (χ4n) is 3.64. The van der Waals surface area contributed by atoms with Crippen LogP contribution in [-0.4, -0.2) is 67.6 Å². The van der Waals surface area contributed by atoms with Gasteiger partial charge < -0.3 is 19.4 Å². The molecule has 162 valence electrons. The maximum atomic E-state index is 13.1. The van der Waals surface area contributed by atoms with E-state index in [2.05, 4.69) is 10.2 Å². The van der Waals surface area contributed by atoms with Crippen LogP contribution >= 0.6 is 0 Å². The van der Waals surface area contributed by atoms with Gasteiger partial charge in [0.05, 0.1) is 6.26 Å². The number of amides is 2. The second-order valence-corrected chi connectivity index (χ2v) is 7.46. The van der Waals surface area contributed by atoms with Gasteiger partial charge in [0.25, 0.3) is 5.91 Å². The first-order valence-corrected chi connectivity index (χ1v) is 10.6. The highest BCUT2D eigenvalue weighted by molar-refractivity contribution is 5.91. The summed E-state index contributed by atoms with van der Waals surface area (Å²) in [6, 6.07) is 11.1. The van der Waals surface area contributed by atoms with Gasteiger partial charge in [-0.1, -0.05) is 29.8 Å². The molecule has 0 spiro atoms. The molecule has 0 aliphatic carbocycles. The van der Waals surface area contributed by atoms with E-state index in [9.17, 15) is 9.59 Å². The smallest absolute Gasteiger partial charge is 0.289 e. The van der Waals surface area contributed by atoms with Gasteiger partial charge in [0.2, 0.25) is 5.91 Å². The molecule has 0 saturated carbocycles. The monoisotopic (exact) mass is 413 g/mol. The van der Waals surface area contributed by atoms with E-state index < -0.39 is 0 Å². The Kier molecular flexibility index (Phi) is 8.04. The van der Waals surface area contributed by atoms with Crippen LogP contribution in [0.4, 0.5) is 0 Å². The number of hydrogen-bond donors (Lipinski definition) is 1. The lowest BCUT2D eigenvalue weighted by atomic mass is 10.0. The SMILES string of the molecule is CCOCCCNC(=O)[C@@H](c1ccc(C)cc1)N1CCN(C(=O)c2ccco2)CC1. The number of furan rings is 1. The van der Waals surface area contributed by atoms with Crippen LogP contribution in [0.1, 0.15) is 41.1 Å². The Hall–Kier alpha value is -2.64. The predicted molar refractivity (Wildman–Crippen MR) is 114 cm³/mol. The summed E-state index contributed by atoms with van der Waals surface area (Å²) in [6.45, 7) is 8.25. The van der Waals surface area contributed by atoms with Gasteiger partial charge >= 0.3 is 0 Å². The van der Waals surface area contributed by atoms with Gasteiger partial charge in [0.1, 0.15) is 6.04 Å². The van der Waals surface area contributed by atoms with Crippen LogP contribution < -0.4 is 5.32 Å². The molecular weight excluding hydrogens is 382 g/mol. The zero-order chi connectivity index (χ0) is 21.3. The molecule has 1 saturated heterocycles. The van der Waals surface area contributed by atoms with Crippen molar-refractivity contribution in [2.24, 2.45) is 0 Å². The number of benzene rings is 1. The van der Waals surface area contributed by atoms with Gasteiger partial charge in [-0.05, 0) is 38.0 Å². The molecule has 1 aromatic carbocycles. The van der Waals surface area contributed by atoms with Crippen molar-refractivity contribution in [3.8, 4) is 0 Å². The summed E-state index contributed by atoms with van der Waals surface area (Å²) < 4.78 is 10.6. The van der Waals surface area contributed by atoms with E-state index in [-0.39, 0.29) is 17.9 Å². The molecule has 0 radical (unpaired) electrons. The maximum absolute atomic E-state index is 13.1. The minimum atomic E-state index is -0.376. The molecule has 30 heavy (non-hydrogen) atoms. The summed E-state index contributed by atoms with van der Waals surface area (Å²) in [6.07, 6.45) is 2.29. The second kappa shape index (κ2) is 10.9. The highest BCUT2D eigenvalue weighted by atomic mass is 16.5. The molecule has 7 heteroatoms. The van der Waals surface area contributed by atoms with Crippen LogP contribution in [0, 0.1) is 6.92 Å². The number of rotatable bonds is 9. The van der Waals surface area contributed by atoms with Crippen LogP contribution in [-0.2, 0) is 9.53 Å². The molecule has 2 aromatic rings. The van der Waals surface area contributed by atoms with Crippen LogP contribution in [0.15, 0.2) is 47.1 Å². The minimum Gasteiger partial charge on any atom is -0.459 e. The highest BCUT2D eigenvalue weighted by Crippen LogP contribution is 2.24. The van der Waals surface area contributed by atoms with Gasteiger partial charge in [0.15, 0.2) is 5.76 Å². The standard InChI is InChI=1S/C23H31N3O4/c1-3-29-16-5-11-24-22(27)21(19-9-7-18(2)8-10-19)25-12-14-26(15-13-25)23(28)20-6-4-17-30-20/h4,6-10,17,21H,3,5,11-16H2,1-2H3,(H,24,27)/t21-/m1/s1. The van der Waals surface area contributed by atoms with E-state index >= 15 is 0 Å². The van der Waals surface area contributed by atoms with Crippen molar-refractivity contribution in [2.75, 3.05) is 45.9 Å². The van der Waals surface area contributed by atoms with Crippen molar-refractivity contribution >= 4 is 11.8 Å². The summed E-state index contributed by atoms with van der Waals surface area (Å²) in [4.78, 5) is 29.5. The first-order chi connectivity index (χ1) is 14.6. The van der Waals surface area contributed by atoms with Gasteiger partial charge in [-0.15, -0.1) is 0 Å². The van der Waals surface area contributed by atoms with Crippen molar-refractivity contribution in [1.29, 1.82) is 0 Å². The number of carbonyl (C=O) groups is 2. The molecule has 2 amide bonds. The first-order valence-electron chi connectivity index (χ1n) is 10.6. The van der Waals surface area contributed by atoms with E-state index in [1.165, 1.54) is 6.26 Å². The third-order valence-electron chi connectivity index (χ3n) is 5.31. The second-order valence-electron chi connectivity index (χ2n) is 7.46. The molecule has 0 unspecified atom stereocenters. The number of piperazine rings is 1. The Balaban J connectivity index is 1.64. The minimum absolute atomic E-state index is 0.0128. The third kappa shape index (κ3) is 5.70. The summed E-state index contributed by atoms with van der Waals surface area (Å²) in [5.74, 6) is 0.235. The Morgan fingerprint density at radius 2 is 1.87 bits per heavy atom. The molecule has 2 heterocycles. The van der Waals surface area contributed by atoms with Crippen molar-refractivity contribution in [1.82, 2.24) is 15.1 Å². The van der Waals surface area contributed by atoms with E-state index in [0.29, 0.717) is 51.7 Å². The topological polar surface area (TPSA) is 75.0 Å². The lowest BCUT2D eigenvalue weighted by Crippen LogP contribution is -2.52. The summed E-state index contributed by atoms with van der Waals surface area (Å²) in [5.41, 5.74) is 2.12. The number of hydrogen-bond acceptors (Lipinski definition) is 5.